The minimum Gasteiger partial charge on any atom is -0.440 e. The fourth-order valence-corrected chi connectivity index (χ4v) is 3.85. The molecule has 0 saturated carbocycles. The minimum atomic E-state index is -4.38. The smallest absolute Gasteiger partial charge is 0.278 e. The van der Waals surface area contributed by atoms with E-state index in [0.717, 1.165) is 5.56 Å². The molecule has 0 saturated heterocycles. The van der Waals surface area contributed by atoms with Crippen molar-refractivity contribution < 1.29 is 22.0 Å². The number of nitrogens with zero attached hydrogens (tertiary/aromatic N) is 1. The van der Waals surface area contributed by atoms with E-state index in [1.165, 1.54) is 0 Å². The lowest BCUT2D eigenvalue weighted by Gasteiger charge is -2.15. The molecule has 0 aliphatic rings. The highest BCUT2D eigenvalue weighted by atomic mass is 32.2. The highest BCUT2D eigenvalue weighted by Gasteiger charge is 2.27. The topological polar surface area (TPSA) is 97.5 Å². The van der Waals surface area contributed by atoms with Gasteiger partial charge in [0.2, 0.25) is 5.89 Å². The summed E-state index contributed by atoms with van der Waals surface area (Å²) in [5.41, 5.74) is 2.27. The van der Waals surface area contributed by atoms with Gasteiger partial charge in [-0.1, -0.05) is 42.5 Å². The van der Waals surface area contributed by atoms with Crippen molar-refractivity contribution in [3.63, 3.8) is 0 Å². The number of hydrogen-bond acceptors (Lipinski definition) is 5. The molecule has 6 nitrogen and oxygen atoms in total. The van der Waals surface area contributed by atoms with Gasteiger partial charge in [-0.3, -0.25) is 9.12 Å². The van der Waals surface area contributed by atoms with Gasteiger partial charge in [-0.05, 0) is 30.5 Å². The first-order chi connectivity index (χ1) is 12.0. The summed E-state index contributed by atoms with van der Waals surface area (Å²) in [7, 11) is -5.00. The van der Waals surface area contributed by atoms with Gasteiger partial charge in [0.05, 0.1) is 5.92 Å². The molecule has 0 bridgehead atoms. The molecule has 3 aromatic rings. The van der Waals surface area contributed by atoms with Crippen molar-refractivity contribution in [2.45, 2.75) is 23.8 Å². The molecule has 2 aromatic carbocycles. The van der Waals surface area contributed by atoms with E-state index in [0.29, 0.717) is 23.4 Å². The van der Waals surface area contributed by atoms with Crippen LogP contribution in [-0.4, -0.2) is 22.9 Å². The maximum Gasteiger partial charge on any atom is 0.278 e. The van der Waals surface area contributed by atoms with Gasteiger partial charge < -0.3 is 4.42 Å². The first kappa shape index (κ1) is 17.7. The van der Waals surface area contributed by atoms with Crippen LogP contribution in [0, 0.1) is 0 Å². The third kappa shape index (κ3) is 4.12. The summed E-state index contributed by atoms with van der Waals surface area (Å²) in [6, 6.07) is 16.8. The zero-order valence-corrected chi connectivity index (χ0v) is 14.9. The first-order valence-electron chi connectivity index (χ1n) is 7.68. The predicted molar refractivity (Wildman–Crippen MR) is 94.5 cm³/mol. The second-order valence-corrected chi connectivity index (χ2v) is 8.42. The monoisotopic (exact) mass is 377 g/mol. The number of oxazole rings is 1. The highest BCUT2D eigenvalue weighted by molar-refractivity contribution is 7.90. The summed E-state index contributed by atoms with van der Waals surface area (Å²) >= 11 is 0. The normalized spacial score (nSPS) is 14.6. The fourth-order valence-electron chi connectivity index (χ4n) is 2.72. The van der Waals surface area contributed by atoms with E-state index in [4.69, 9.17) is 4.42 Å². The second-order valence-electron chi connectivity index (χ2n) is 5.64. The molecule has 0 radical (unpaired) electrons. The average Bonchev–Trinajstić information content (AvgIpc) is 3.02. The van der Waals surface area contributed by atoms with Gasteiger partial charge >= 0.3 is 0 Å². The summed E-state index contributed by atoms with van der Waals surface area (Å²) in [6.07, 6.45) is 0.332. The predicted octanol–water partition coefficient (Wildman–Crippen LogP) is 4.25. The largest absolute Gasteiger partial charge is 0.440 e. The minimum absolute atomic E-state index is 0.0160. The molecule has 0 fully saturated rings. The standard InChI is InChI=1S/C17H16NO5PS/c19-24-16(25(20,21)22)11-10-13(12-6-2-1-3-7-12)17-18-14-8-4-5-9-15(14)23-17/h1-9,13,16H,10-11H2,(H,20,21,22). The van der Waals surface area contributed by atoms with E-state index >= 15 is 0 Å². The molecule has 0 amide bonds. The van der Waals surface area contributed by atoms with E-state index in [1.807, 2.05) is 54.6 Å². The van der Waals surface area contributed by atoms with Crippen molar-refractivity contribution in [3.05, 3.63) is 66.1 Å². The number of para-hydroxylation sites is 2. The van der Waals surface area contributed by atoms with Gasteiger partial charge in [0, 0.05) is 0 Å². The van der Waals surface area contributed by atoms with Crippen LogP contribution < -0.4 is 0 Å². The number of aromatic nitrogens is 1. The molecule has 2 unspecified atom stereocenters. The number of benzene rings is 2. The summed E-state index contributed by atoms with van der Waals surface area (Å²) in [6.45, 7) is 0. The van der Waals surface area contributed by atoms with Crippen LogP contribution in [0.15, 0.2) is 59.0 Å². The highest BCUT2D eigenvalue weighted by Crippen LogP contribution is 2.33. The molecule has 8 heteroatoms. The van der Waals surface area contributed by atoms with E-state index in [2.05, 4.69) is 4.98 Å². The van der Waals surface area contributed by atoms with E-state index in [1.54, 1.807) is 0 Å². The Labute approximate surface area is 146 Å². The lowest BCUT2D eigenvalue weighted by atomic mass is 9.94. The van der Waals surface area contributed by atoms with Crippen LogP contribution in [-0.2, 0) is 14.7 Å². The molecular formula is C17H16NO5PS. The lowest BCUT2D eigenvalue weighted by Crippen LogP contribution is -2.15. The van der Waals surface area contributed by atoms with E-state index in [-0.39, 0.29) is 12.3 Å². The van der Waals surface area contributed by atoms with Crippen LogP contribution in [0.4, 0.5) is 0 Å². The zero-order chi connectivity index (χ0) is 17.9. The second kappa shape index (κ2) is 7.44. The number of rotatable bonds is 7. The van der Waals surface area contributed by atoms with Crippen LogP contribution >= 0.6 is 8.46 Å². The van der Waals surface area contributed by atoms with Crippen molar-refractivity contribution in [1.82, 2.24) is 4.98 Å². The van der Waals surface area contributed by atoms with Gasteiger partial charge in [0.25, 0.3) is 10.1 Å². The Morgan fingerprint density at radius 2 is 1.72 bits per heavy atom. The van der Waals surface area contributed by atoms with Crippen LogP contribution in [0.2, 0.25) is 0 Å². The lowest BCUT2D eigenvalue weighted by molar-refractivity contribution is 0.459. The number of fused-ring (bicyclic) bond motifs is 1. The fraction of sp³-hybridized carbons (Fsp3) is 0.235. The van der Waals surface area contributed by atoms with E-state index in [9.17, 15) is 17.5 Å². The SMILES string of the molecule is O=PC(CCC(c1ccccc1)c1nc2ccccc2o1)S(=O)(=O)O. The Bertz CT molecular complexity index is 938. The summed E-state index contributed by atoms with van der Waals surface area (Å²) in [4.78, 5) is 3.14. The molecule has 0 aliphatic carbocycles. The summed E-state index contributed by atoms with van der Waals surface area (Å²) in [5.74, 6) is 0.156. The maximum absolute atomic E-state index is 11.3. The Balaban J connectivity index is 1.94. The molecule has 0 aliphatic heterocycles. The molecule has 2 atom stereocenters. The van der Waals surface area contributed by atoms with Crippen LogP contribution in [0.1, 0.15) is 30.2 Å². The average molecular weight is 377 g/mol. The van der Waals surface area contributed by atoms with Gasteiger partial charge in [0.15, 0.2) is 19.0 Å². The summed E-state index contributed by atoms with van der Waals surface area (Å²) < 4.78 is 48.7. The van der Waals surface area contributed by atoms with Crippen molar-refractivity contribution in [1.29, 1.82) is 0 Å². The van der Waals surface area contributed by atoms with Crippen LogP contribution in [0.5, 0.6) is 0 Å². The molecule has 1 N–H and O–H groups in total. The van der Waals surface area contributed by atoms with Gasteiger partial charge in [-0.2, -0.15) is 8.42 Å². The van der Waals surface area contributed by atoms with Crippen molar-refractivity contribution in [2.75, 3.05) is 0 Å². The Hall–Kier alpha value is -2.08. The third-order valence-corrected chi connectivity index (χ3v) is 6.45. The van der Waals surface area contributed by atoms with Crippen LogP contribution in [0.25, 0.3) is 11.1 Å². The van der Waals surface area contributed by atoms with Gasteiger partial charge in [0.1, 0.15) is 5.52 Å². The molecular weight excluding hydrogens is 361 g/mol. The van der Waals surface area contributed by atoms with Crippen molar-refractivity contribution >= 4 is 29.7 Å². The Morgan fingerprint density at radius 1 is 1.04 bits per heavy atom. The molecule has 130 valence electrons. The van der Waals surface area contributed by atoms with Crippen molar-refractivity contribution in [3.8, 4) is 0 Å². The molecule has 3 rings (SSSR count). The Morgan fingerprint density at radius 3 is 2.36 bits per heavy atom. The Kier molecular flexibility index (Phi) is 5.27. The van der Waals surface area contributed by atoms with Gasteiger partial charge in [-0.25, -0.2) is 4.98 Å². The number of hydrogen-bond donors (Lipinski definition) is 1. The quantitative estimate of drug-likeness (QED) is 0.488. The van der Waals surface area contributed by atoms with Gasteiger partial charge in [-0.15, -0.1) is 0 Å². The molecule has 25 heavy (non-hydrogen) atoms. The molecule has 1 aromatic heterocycles. The molecule has 1 heterocycles. The summed E-state index contributed by atoms with van der Waals surface area (Å²) in [5, 5.41) is 0. The van der Waals surface area contributed by atoms with Crippen molar-refractivity contribution in [2.24, 2.45) is 0 Å². The van der Waals surface area contributed by atoms with Crippen LogP contribution in [0.3, 0.4) is 0 Å². The molecule has 0 spiro atoms. The zero-order valence-electron chi connectivity index (χ0n) is 13.1. The van der Waals surface area contributed by atoms with E-state index < -0.39 is 23.6 Å². The first-order valence-corrected chi connectivity index (χ1v) is 10.1. The maximum atomic E-state index is 11.3. The third-order valence-electron chi connectivity index (χ3n) is 3.97.